The van der Waals surface area contributed by atoms with Crippen molar-refractivity contribution in [1.82, 2.24) is 0 Å². The van der Waals surface area contributed by atoms with Gasteiger partial charge in [-0.2, -0.15) is 0 Å². The van der Waals surface area contributed by atoms with E-state index >= 15 is 0 Å². The summed E-state index contributed by atoms with van der Waals surface area (Å²) >= 11 is 0. The fourth-order valence-corrected chi connectivity index (χ4v) is 3.47. The molecule has 0 saturated heterocycles. The Kier molecular flexibility index (Phi) is 5.18. The first-order valence-electron chi connectivity index (χ1n) is 5.28. The molecule has 1 rings (SSSR count). The molecule has 0 amide bonds. The van der Waals surface area contributed by atoms with E-state index in [1.165, 1.54) is 44.4 Å². The molecule has 0 heterocycles. The van der Waals surface area contributed by atoms with E-state index < -0.39 is 0 Å². The predicted molar refractivity (Wildman–Crippen MR) is 56.0 cm³/mol. The van der Waals surface area contributed by atoms with E-state index in [2.05, 4.69) is 13.8 Å². The lowest BCUT2D eigenvalue weighted by atomic mass is 9.97. The van der Waals surface area contributed by atoms with Crippen LogP contribution in [0.5, 0.6) is 0 Å². The highest BCUT2D eigenvalue weighted by Crippen LogP contribution is 2.43. The number of rotatable bonds is 6. The summed E-state index contributed by atoms with van der Waals surface area (Å²) in [6, 6.07) is 0. The summed E-state index contributed by atoms with van der Waals surface area (Å²) in [7, 11) is -0.0548. The largest absolute Gasteiger partial charge is 0.356 e. The second kappa shape index (κ2) is 5.94. The van der Waals surface area contributed by atoms with Crippen molar-refractivity contribution in [2.75, 3.05) is 12.3 Å². The third-order valence-corrected chi connectivity index (χ3v) is 4.78. The second-order valence-corrected chi connectivity index (χ2v) is 5.66. The van der Waals surface area contributed by atoms with Crippen LogP contribution in [0.2, 0.25) is 0 Å². The monoisotopic (exact) mass is 188 g/mol. The first-order valence-corrected chi connectivity index (χ1v) is 6.91. The lowest BCUT2D eigenvalue weighted by molar-refractivity contribution is 0.136. The Morgan fingerprint density at radius 2 is 1.75 bits per heavy atom. The highest BCUT2D eigenvalue weighted by Gasteiger charge is 2.21. The van der Waals surface area contributed by atoms with Gasteiger partial charge in [0.05, 0.1) is 6.10 Å². The number of hydrogen-bond donors (Lipinski definition) is 0. The Balaban J connectivity index is 2.11. The molecule has 0 N–H and O–H groups in total. The molecule has 0 radical (unpaired) electrons. The van der Waals surface area contributed by atoms with Crippen LogP contribution in [0.3, 0.4) is 0 Å². The van der Waals surface area contributed by atoms with Crippen LogP contribution in [0.15, 0.2) is 0 Å². The Labute approximate surface area is 77.7 Å². The summed E-state index contributed by atoms with van der Waals surface area (Å²) in [6.45, 7) is 4.52. The zero-order chi connectivity index (χ0) is 8.81. The van der Waals surface area contributed by atoms with Gasteiger partial charge in [0.1, 0.15) is 0 Å². The molecule has 0 aromatic rings. The highest BCUT2D eigenvalue weighted by molar-refractivity contribution is 7.52. The molecule has 2 heteroatoms. The van der Waals surface area contributed by atoms with Crippen molar-refractivity contribution in [1.29, 1.82) is 0 Å². The topological polar surface area (TPSA) is 9.23 Å². The summed E-state index contributed by atoms with van der Waals surface area (Å²) < 4.78 is 6.03. The van der Waals surface area contributed by atoms with Gasteiger partial charge >= 0.3 is 0 Å². The van der Waals surface area contributed by atoms with Gasteiger partial charge in [0.2, 0.25) is 0 Å². The molecule has 1 aliphatic rings. The zero-order valence-electron chi connectivity index (χ0n) is 8.38. The lowest BCUT2D eigenvalue weighted by Crippen LogP contribution is -2.20. The van der Waals surface area contributed by atoms with Gasteiger partial charge in [-0.05, 0) is 31.6 Å². The van der Waals surface area contributed by atoms with Crippen LogP contribution in [-0.2, 0) is 4.52 Å². The van der Waals surface area contributed by atoms with Crippen molar-refractivity contribution in [3.05, 3.63) is 0 Å². The summed E-state index contributed by atoms with van der Waals surface area (Å²) in [5.74, 6) is 0. The Bertz CT molecular complexity index is 106. The van der Waals surface area contributed by atoms with Crippen LogP contribution in [0, 0.1) is 0 Å². The van der Waals surface area contributed by atoms with Gasteiger partial charge in [-0.1, -0.05) is 26.7 Å². The molecule has 0 bridgehead atoms. The van der Waals surface area contributed by atoms with E-state index in [0.717, 1.165) is 0 Å². The van der Waals surface area contributed by atoms with E-state index in [0.29, 0.717) is 6.10 Å². The molecular weight excluding hydrogens is 167 g/mol. The maximum atomic E-state index is 6.03. The van der Waals surface area contributed by atoms with Crippen molar-refractivity contribution in [2.45, 2.75) is 52.1 Å². The fourth-order valence-electron chi connectivity index (χ4n) is 1.40. The van der Waals surface area contributed by atoms with Gasteiger partial charge in [0, 0.05) is 8.15 Å². The van der Waals surface area contributed by atoms with E-state index in [4.69, 9.17) is 4.52 Å². The quantitative estimate of drug-likeness (QED) is 0.576. The van der Waals surface area contributed by atoms with Gasteiger partial charge in [-0.15, -0.1) is 0 Å². The van der Waals surface area contributed by atoms with Gasteiger partial charge in [-0.25, -0.2) is 0 Å². The molecular formula is C10H21OP. The summed E-state index contributed by atoms with van der Waals surface area (Å²) in [4.78, 5) is 0. The van der Waals surface area contributed by atoms with E-state index in [9.17, 15) is 0 Å². The highest BCUT2D eigenvalue weighted by atomic mass is 31.1. The SMILES string of the molecule is CCCP(CCC)OC1CCC1. The molecule has 1 saturated carbocycles. The maximum Gasteiger partial charge on any atom is 0.0617 e. The minimum Gasteiger partial charge on any atom is -0.356 e. The van der Waals surface area contributed by atoms with Crippen molar-refractivity contribution in [3.63, 3.8) is 0 Å². The first kappa shape index (κ1) is 10.5. The molecule has 12 heavy (non-hydrogen) atoms. The molecule has 0 aliphatic heterocycles. The molecule has 1 fully saturated rings. The number of hydrogen-bond acceptors (Lipinski definition) is 1. The van der Waals surface area contributed by atoms with Crippen molar-refractivity contribution in [3.8, 4) is 0 Å². The predicted octanol–water partition coefficient (Wildman–Crippen LogP) is 3.77. The van der Waals surface area contributed by atoms with Crippen molar-refractivity contribution in [2.24, 2.45) is 0 Å². The van der Waals surface area contributed by atoms with Crippen molar-refractivity contribution >= 4 is 8.15 Å². The van der Waals surface area contributed by atoms with Crippen LogP contribution < -0.4 is 0 Å². The van der Waals surface area contributed by atoms with Crippen LogP contribution >= 0.6 is 8.15 Å². The second-order valence-electron chi connectivity index (χ2n) is 3.59. The van der Waals surface area contributed by atoms with Crippen molar-refractivity contribution < 1.29 is 4.52 Å². The van der Waals surface area contributed by atoms with Crippen LogP contribution in [0.1, 0.15) is 46.0 Å². The molecule has 1 aliphatic carbocycles. The molecule has 0 spiro atoms. The van der Waals surface area contributed by atoms with E-state index in [-0.39, 0.29) is 8.15 Å². The van der Waals surface area contributed by atoms with Crippen LogP contribution in [-0.4, -0.2) is 18.4 Å². The average molecular weight is 188 g/mol. The zero-order valence-corrected chi connectivity index (χ0v) is 9.28. The molecule has 0 aromatic heterocycles. The molecule has 1 nitrogen and oxygen atoms in total. The van der Waals surface area contributed by atoms with E-state index in [1.807, 2.05) is 0 Å². The summed E-state index contributed by atoms with van der Waals surface area (Å²) in [6.07, 6.45) is 9.91. The normalized spacial score (nSPS) is 18.2. The Hall–Kier alpha value is 0.390. The van der Waals surface area contributed by atoms with Crippen LogP contribution in [0.25, 0.3) is 0 Å². The minimum absolute atomic E-state index is 0.0548. The smallest absolute Gasteiger partial charge is 0.0617 e. The maximum absolute atomic E-state index is 6.03. The molecule has 0 unspecified atom stereocenters. The Morgan fingerprint density at radius 1 is 1.17 bits per heavy atom. The van der Waals surface area contributed by atoms with E-state index in [1.54, 1.807) is 0 Å². The molecule has 0 atom stereocenters. The minimum atomic E-state index is -0.0548. The van der Waals surface area contributed by atoms with Crippen LogP contribution in [0.4, 0.5) is 0 Å². The third kappa shape index (κ3) is 3.41. The molecule has 0 aromatic carbocycles. The lowest BCUT2D eigenvalue weighted by Gasteiger charge is -2.30. The first-order chi connectivity index (χ1) is 5.86. The Morgan fingerprint density at radius 3 is 2.08 bits per heavy atom. The van der Waals surface area contributed by atoms with Gasteiger partial charge in [0.25, 0.3) is 0 Å². The van der Waals surface area contributed by atoms with Gasteiger partial charge in [-0.3, -0.25) is 0 Å². The van der Waals surface area contributed by atoms with Gasteiger partial charge < -0.3 is 4.52 Å². The third-order valence-electron chi connectivity index (χ3n) is 2.30. The summed E-state index contributed by atoms with van der Waals surface area (Å²) in [5, 5.41) is 0. The molecule has 72 valence electrons. The standard InChI is InChI=1S/C10H21OP/c1-3-8-12(9-4-2)11-10-6-5-7-10/h10H,3-9H2,1-2H3. The summed E-state index contributed by atoms with van der Waals surface area (Å²) in [5.41, 5.74) is 0. The van der Waals surface area contributed by atoms with Gasteiger partial charge in [0.15, 0.2) is 0 Å². The average Bonchev–Trinajstić information content (AvgIpc) is 1.97. The fraction of sp³-hybridized carbons (Fsp3) is 1.00.